The van der Waals surface area contributed by atoms with Crippen molar-refractivity contribution in [3.05, 3.63) is 48.0 Å². The number of benzene rings is 2. The van der Waals surface area contributed by atoms with Crippen LogP contribution in [0.2, 0.25) is 0 Å². The van der Waals surface area contributed by atoms with Gasteiger partial charge in [0, 0.05) is 6.04 Å². The number of esters is 1. The predicted octanol–water partition coefficient (Wildman–Crippen LogP) is 4.08. The summed E-state index contributed by atoms with van der Waals surface area (Å²) >= 11 is 0. The minimum atomic E-state index is -0.805. The molecular formula is C21H25NO3. The summed E-state index contributed by atoms with van der Waals surface area (Å²) in [5.74, 6) is -0.206. The highest BCUT2D eigenvalue weighted by atomic mass is 16.5. The normalized spacial score (nSPS) is 21.5. The summed E-state index contributed by atoms with van der Waals surface area (Å²) in [5.41, 5.74) is 0.490. The molecule has 25 heavy (non-hydrogen) atoms. The molecule has 0 saturated heterocycles. The Balaban J connectivity index is 1.66. The summed E-state index contributed by atoms with van der Waals surface area (Å²) < 4.78 is 5.43. The summed E-state index contributed by atoms with van der Waals surface area (Å²) in [7, 11) is 0. The van der Waals surface area contributed by atoms with Crippen molar-refractivity contribution in [3.63, 3.8) is 0 Å². The fraction of sp³-hybridized carbons (Fsp3) is 0.429. The topological polar surface area (TPSA) is 55.4 Å². The van der Waals surface area contributed by atoms with E-state index in [1.807, 2.05) is 36.4 Å². The summed E-state index contributed by atoms with van der Waals surface area (Å²) in [5, 5.41) is 4.86. The van der Waals surface area contributed by atoms with Crippen molar-refractivity contribution >= 4 is 22.6 Å². The zero-order valence-electron chi connectivity index (χ0n) is 14.8. The molecule has 1 saturated carbocycles. The van der Waals surface area contributed by atoms with E-state index in [0.29, 0.717) is 11.5 Å². The van der Waals surface area contributed by atoms with Gasteiger partial charge < -0.3 is 10.1 Å². The number of carbonyl (C=O) groups is 2. The number of nitrogens with one attached hydrogen (secondary N) is 1. The third-order valence-electron chi connectivity index (χ3n) is 5.10. The number of hydrogen-bond donors (Lipinski definition) is 1. The van der Waals surface area contributed by atoms with E-state index in [1.165, 1.54) is 6.42 Å². The smallest absolute Gasteiger partial charge is 0.339 e. The van der Waals surface area contributed by atoms with E-state index in [-0.39, 0.29) is 11.9 Å². The second-order valence-corrected chi connectivity index (χ2v) is 6.95. The number of fused-ring (bicyclic) bond motifs is 1. The Hall–Kier alpha value is -2.36. The Bertz CT molecular complexity index is 765. The second-order valence-electron chi connectivity index (χ2n) is 6.95. The van der Waals surface area contributed by atoms with Crippen LogP contribution in [0.3, 0.4) is 0 Å². The molecule has 1 fully saturated rings. The lowest BCUT2D eigenvalue weighted by Gasteiger charge is -2.30. The highest BCUT2D eigenvalue weighted by Crippen LogP contribution is 2.24. The molecule has 0 spiro atoms. The minimum absolute atomic E-state index is 0.181. The molecule has 0 unspecified atom stereocenters. The Morgan fingerprint density at radius 2 is 1.80 bits per heavy atom. The fourth-order valence-electron chi connectivity index (χ4n) is 3.51. The maximum atomic E-state index is 12.5. The predicted molar refractivity (Wildman–Crippen MR) is 98.4 cm³/mol. The SMILES string of the molecule is C[C@@H](OC(=O)c1cccc2ccccc12)C(=O)N[C@@H]1CCCC[C@@H]1C. The first-order valence-electron chi connectivity index (χ1n) is 9.05. The van der Waals surface area contributed by atoms with Crippen LogP contribution in [0.25, 0.3) is 10.8 Å². The van der Waals surface area contributed by atoms with Crippen molar-refractivity contribution < 1.29 is 14.3 Å². The Morgan fingerprint density at radius 1 is 1.08 bits per heavy atom. The van der Waals surface area contributed by atoms with Gasteiger partial charge in [0.2, 0.25) is 0 Å². The summed E-state index contributed by atoms with van der Waals surface area (Å²) in [6.45, 7) is 3.79. The average Bonchev–Trinajstić information content (AvgIpc) is 2.63. The van der Waals surface area contributed by atoms with Gasteiger partial charge in [-0.3, -0.25) is 4.79 Å². The quantitative estimate of drug-likeness (QED) is 0.854. The molecule has 132 valence electrons. The van der Waals surface area contributed by atoms with Crippen molar-refractivity contribution in [2.75, 3.05) is 0 Å². The minimum Gasteiger partial charge on any atom is -0.449 e. The Kier molecular flexibility index (Phi) is 5.37. The van der Waals surface area contributed by atoms with Crippen LogP contribution in [-0.4, -0.2) is 24.0 Å². The van der Waals surface area contributed by atoms with Gasteiger partial charge >= 0.3 is 5.97 Å². The monoisotopic (exact) mass is 339 g/mol. The van der Waals surface area contributed by atoms with Crippen LogP contribution in [0.4, 0.5) is 0 Å². The molecule has 2 aromatic carbocycles. The molecule has 0 bridgehead atoms. The van der Waals surface area contributed by atoms with Gasteiger partial charge in [-0.15, -0.1) is 0 Å². The summed E-state index contributed by atoms with van der Waals surface area (Å²) in [6.07, 6.45) is 3.69. The van der Waals surface area contributed by atoms with Crippen LogP contribution in [0.5, 0.6) is 0 Å². The lowest BCUT2D eigenvalue weighted by atomic mass is 9.86. The lowest BCUT2D eigenvalue weighted by molar-refractivity contribution is -0.130. The van der Waals surface area contributed by atoms with Gasteiger partial charge in [0.25, 0.3) is 5.91 Å². The first-order valence-corrected chi connectivity index (χ1v) is 9.05. The van der Waals surface area contributed by atoms with E-state index in [9.17, 15) is 9.59 Å². The van der Waals surface area contributed by atoms with Gasteiger partial charge in [0.15, 0.2) is 6.10 Å². The molecular weight excluding hydrogens is 314 g/mol. The first-order chi connectivity index (χ1) is 12.1. The van der Waals surface area contributed by atoms with E-state index in [4.69, 9.17) is 4.74 Å². The number of hydrogen-bond acceptors (Lipinski definition) is 3. The average molecular weight is 339 g/mol. The van der Waals surface area contributed by atoms with Gasteiger partial charge in [-0.2, -0.15) is 0 Å². The zero-order valence-corrected chi connectivity index (χ0v) is 14.8. The lowest BCUT2D eigenvalue weighted by Crippen LogP contribution is -2.46. The largest absolute Gasteiger partial charge is 0.449 e. The van der Waals surface area contributed by atoms with Gasteiger partial charge in [-0.25, -0.2) is 4.79 Å². The third-order valence-corrected chi connectivity index (χ3v) is 5.10. The van der Waals surface area contributed by atoms with Crippen LogP contribution in [-0.2, 0) is 9.53 Å². The van der Waals surface area contributed by atoms with Crippen LogP contribution < -0.4 is 5.32 Å². The second kappa shape index (κ2) is 7.68. The molecule has 1 amide bonds. The Morgan fingerprint density at radius 3 is 2.60 bits per heavy atom. The van der Waals surface area contributed by atoms with E-state index in [2.05, 4.69) is 12.2 Å². The fourth-order valence-corrected chi connectivity index (χ4v) is 3.51. The number of carbonyl (C=O) groups excluding carboxylic acids is 2. The summed E-state index contributed by atoms with van der Waals surface area (Å²) in [4.78, 5) is 24.9. The van der Waals surface area contributed by atoms with Crippen molar-refractivity contribution in [3.8, 4) is 0 Å². The number of rotatable bonds is 4. The maximum Gasteiger partial charge on any atom is 0.339 e. The van der Waals surface area contributed by atoms with Crippen LogP contribution in [0.1, 0.15) is 49.9 Å². The Labute approximate surface area is 148 Å². The van der Waals surface area contributed by atoms with Crippen LogP contribution in [0, 0.1) is 5.92 Å². The first kappa shape index (κ1) is 17.5. The van der Waals surface area contributed by atoms with E-state index < -0.39 is 12.1 Å². The maximum absolute atomic E-state index is 12.5. The van der Waals surface area contributed by atoms with Crippen LogP contribution >= 0.6 is 0 Å². The molecule has 4 heteroatoms. The molecule has 3 atom stereocenters. The van der Waals surface area contributed by atoms with Crippen molar-refractivity contribution in [2.24, 2.45) is 5.92 Å². The molecule has 4 nitrogen and oxygen atoms in total. The van der Waals surface area contributed by atoms with E-state index >= 15 is 0 Å². The van der Waals surface area contributed by atoms with Crippen molar-refractivity contribution in [1.82, 2.24) is 5.32 Å². The molecule has 0 radical (unpaired) electrons. The number of amides is 1. The van der Waals surface area contributed by atoms with Crippen molar-refractivity contribution in [1.29, 1.82) is 0 Å². The van der Waals surface area contributed by atoms with Gasteiger partial charge in [0.05, 0.1) is 5.56 Å². The van der Waals surface area contributed by atoms with Crippen molar-refractivity contribution in [2.45, 2.75) is 51.7 Å². The molecule has 1 aliphatic carbocycles. The summed E-state index contributed by atoms with van der Waals surface area (Å²) in [6, 6.07) is 13.4. The standard InChI is InChI=1S/C21H25NO3/c1-14-8-3-6-13-19(14)22-20(23)15(2)25-21(24)18-12-7-10-16-9-4-5-11-17(16)18/h4-5,7,9-12,14-15,19H,3,6,8,13H2,1-2H3,(H,22,23)/t14-,15+,19+/m0/s1. The highest BCUT2D eigenvalue weighted by molar-refractivity contribution is 6.05. The molecule has 1 N–H and O–H groups in total. The zero-order chi connectivity index (χ0) is 17.8. The van der Waals surface area contributed by atoms with E-state index in [0.717, 1.165) is 30.0 Å². The van der Waals surface area contributed by atoms with Gasteiger partial charge in [-0.05, 0) is 42.5 Å². The molecule has 0 heterocycles. The highest BCUT2D eigenvalue weighted by Gasteiger charge is 2.26. The molecule has 3 rings (SSSR count). The van der Waals surface area contributed by atoms with Crippen LogP contribution in [0.15, 0.2) is 42.5 Å². The molecule has 1 aliphatic rings. The molecule has 0 aromatic heterocycles. The molecule has 0 aliphatic heterocycles. The third kappa shape index (κ3) is 4.01. The van der Waals surface area contributed by atoms with Gasteiger partial charge in [-0.1, -0.05) is 56.2 Å². The van der Waals surface area contributed by atoms with Gasteiger partial charge in [0.1, 0.15) is 0 Å². The van der Waals surface area contributed by atoms with E-state index in [1.54, 1.807) is 13.0 Å². The molecule has 2 aromatic rings. The number of ether oxygens (including phenoxy) is 1.